The van der Waals surface area contributed by atoms with Crippen LogP contribution in [0.5, 0.6) is 0 Å². The minimum absolute atomic E-state index is 0.0231. The van der Waals surface area contributed by atoms with Gasteiger partial charge in [-0.3, -0.25) is 9.10 Å². The molecule has 0 aromatic heterocycles. The molecule has 2 rings (SSSR count). The van der Waals surface area contributed by atoms with E-state index in [0.717, 1.165) is 28.2 Å². The molecule has 0 spiro atoms. The van der Waals surface area contributed by atoms with Crippen molar-refractivity contribution in [3.63, 3.8) is 0 Å². The molecule has 0 aliphatic carbocycles. The van der Waals surface area contributed by atoms with E-state index in [0.29, 0.717) is 12.8 Å². The number of carbonyl (C=O) groups excluding carboxylic acids is 1. The summed E-state index contributed by atoms with van der Waals surface area (Å²) in [4.78, 5) is 11.5. The Balaban J connectivity index is 1.91. The number of nitrogens with zero attached hydrogens (tertiary/aromatic N) is 1. The van der Waals surface area contributed by atoms with Crippen LogP contribution in [0.3, 0.4) is 0 Å². The van der Waals surface area contributed by atoms with Crippen LogP contribution in [-0.2, 0) is 21.4 Å². The molecule has 0 saturated carbocycles. The highest BCUT2D eigenvalue weighted by atomic mass is 32.2. The van der Waals surface area contributed by atoms with Gasteiger partial charge in [0, 0.05) is 18.7 Å². The van der Waals surface area contributed by atoms with Gasteiger partial charge in [-0.05, 0) is 30.5 Å². The lowest BCUT2D eigenvalue weighted by atomic mass is 10.1. The van der Waals surface area contributed by atoms with Crippen LogP contribution in [0.2, 0.25) is 0 Å². The largest absolute Gasteiger partial charge is 0.493 e. The topological polar surface area (TPSA) is 98.7 Å². The van der Waals surface area contributed by atoms with Crippen LogP contribution < -0.4 is 10.0 Å². The van der Waals surface area contributed by atoms with E-state index in [-0.39, 0.29) is 18.3 Å². The van der Waals surface area contributed by atoms with E-state index in [1.165, 1.54) is 0 Å². The number of aliphatic hydroxyl groups is 1. The molecule has 3 N–H and O–H groups in total. The molecule has 1 amide bonds. The third kappa shape index (κ3) is 4.14. The molecule has 8 heteroatoms. The minimum atomic E-state index is -3.65. The van der Waals surface area contributed by atoms with E-state index in [1.807, 2.05) is 23.8 Å². The summed E-state index contributed by atoms with van der Waals surface area (Å²) in [5, 5.41) is 12.0. The molecule has 22 heavy (non-hydrogen) atoms. The van der Waals surface area contributed by atoms with E-state index in [9.17, 15) is 18.3 Å². The predicted octanol–water partition coefficient (Wildman–Crippen LogP) is 1.47. The molecular weight excluding hydrogens is 306 g/mol. The van der Waals surface area contributed by atoms with Gasteiger partial charge in [0.2, 0.25) is 11.8 Å². The fourth-order valence-electron chi connectivity index (χ4n) is 2.05. The van der Waals surface area contributed by atoms with Crippen LogP contribution >= 0.6 is 0 Å². The molecule has 0 fully saturated rings. The van der Waals surface area contributed by atoms with Gasteiger partial charge in [-0.1, -0.05) is 19.1 Å². The summed E-state index contributed by atoms with van der Waals surface area (Å²) < 4.78 is 26.2. The smallest absolute Gasteiger partial charge is 0.325 e. The van der Waals surface area contributed by atoms with Gasteiger partial charge in [0.25, 0.3) is 0 Å². The average Bonchev–Trinajstić information content (AvgIpc) is 2.70. The molecule has 1 heterocycles. The van der Waals surface area contributed by atoms with Crippen LogP contribution in [0.4, 0.5) is 5.69 Å². The zero-order chi connectivity index (χ0) is 16.2. The first-order valence-corrected chi connectivity index (χ1v) is 8.44. The number of rotatable bonds is 6. The van der Waals surface area contributed by atoms with Gasteiger partial charge in [-0.2, -0.15) is 8.42 Å². The van der Waals surface area contributed by atoms with Gasteiger partial charge in [0.1, 0.15) is 0 Å². The second-order valence-electron chi connectivity index (χ2n) is 4.98. The number of aliphatic hydroxyl groups excluding tert-OH is 1. The highest BCUT2D eigenvalue weighted by Crippen LogP contribution is 2.14. The highest BCUT2D eigenvalue weighted by Gasteiger charge is 2.26. The van der Waals surface area contributed by atoms with Crippen molar-refractivity contribution in [3.8, 4) is 0 Å². The minimum Gasteiger partial charge on any atom is -0.493 e. The van der Waals surface area contributed by atoms with E-state index in [4.69, 9.17) is 0 Å². The maximum absolute atomic E-state index is 11.6. The first-order chi connectivity index (χ1) is 10.4. The summed E-state index contributed by atoms with van der Waals surface area (Å²) in [6, 6.07) is 7.24. The molecule has 1 aliphatic rings. The van der Waals surface area contributed by atoms with Gasteiger partial charge < -0.3 is 10.4 Å². The van der Waals surface area contributed by atoms with Gasteiger partial charge in [0.05, 0.1) is 6.20 Å². The predicted molar refractivity (Wildman–Crippen MR) is 83.2 cm³/mol. The first kappa shape index (κ1) is 16.2. The number of amides is 1. The van der Waals surface area contributed by atoms with Crippen LogP contribution in [0.15, 0.2) is 36.3 Å². The molecular formula is C14H19N3O4S. The Morgan fingerprint density at radius 3 is 2.55 bits per heavy atom. The summed E-state index contributed by atoms with van der Waals surface area (Å²) in [6.07, 6.45) is 2.92. The second kappa shape index (κ2) is 6.69. The molecule has 1 aliphatic heterocycles. The van der Waals surface area contributed by atoms with Crippen molar-refractivity contribution in [1.29, 1.82) is 0 Å². The number of carbonyl (C=O) groups is 1. The van der Waals surface area contributed by atoms with Crippen molar-refractivity contribution < 1.29 is 18.3 Å². The Labute approximate surface area is 129 Å². The van der Waals surface area contributed by atoms with Gasteiger partial charge >= 0.3 is 10.2 Å². The normalized spacial score (nSPS) is 16.0. The zero-order valence-corrected chi connectivity index (χ0v) is 13.1. The molecule has 0 atom stereocenters. The standard InChI is InChI=1S/C14H19N3O4S/c1-2-3-13(18)15-12-6-4-11(5-7-12)8-9-17-10-14(19)16-22(17,20)21/h4-7,10,16,19H,2-3,8-9H2,1H3,(H,15,18). The molecule has 0 saturated heterocycles. The van der Waals surface area contributed by atoms with Crippen LogP contribution in [0.1, 0.15) is 25.3 Å². The Bertz CT molecular complexity index is 668. The number of hydrogen-bond acceptors (Lipinski definition) is 4. The Kier molecular flexibility index (Phi) is 4.92. The van der Waals surface area contributed by atoms with E-state index >= 15 is 0 Å². The van der Waals surface area contributed by atoms with Crippen molar-refractivity contribution in [2.24, 2.45) is 0 Å². The first-order valence-electron chi connectivity index (χ1n) is 7.00. The lowest BCUT2D eigenvalue weighted by Crippen LogP contribution is -2.31. The van der Waals surface area contributed by atoms with Crippen molar-refractivity contribution in [2.75, 3.05) is 11.9 Å². The number of anilines is 1. The number of benzene rings is 1. The Hall–Kier alpha value is -2.22. The van der Waals surface area contributed by atoms with E-state index in [2.05, 4.69) is 5.32 Å². The quantitative estimate of drug-likeness (QED) is 0.737. The van der Waals surface area contributed by atoms with Gasteiger partial charge in [-0.15, -0.1) is 0 Å². The molecule has 1 aromatic carbocycles. The summed E-state index contributed by atoms with van der Waals surface area (Å²) in [7, 11) is -3.65. The average molecular weight is 325 g/mol. The lowest BCUT2D eigenvalue weighted by molar-refractivity contribution is -0.116. The number of nitrogens with one attached hydrogen (secondary N) is 2. The highest BCUT2D eigenvalue weighted by molar-refractivity contribution is 7.87. The maximum Gasteiger partial charge on any atom is 0.325 e. The molecule has 1 aromatic rings. The third-order valence-electron chi connectivity index (χ3n) is 3.14. The van der Waals surface area contributed by atoms with Crippen molar-refractivity contribution in [1.82, 2.24) is 9.03 Å². The van der Waals surface area contributed by atoms with Crippen molar-refractivity contribution >= 4 is 21.8 Å². The maximum atomic E-state index is 11.6. The molecule has 0 unspecified atom stereocenters. The summed E-state index contributed by atoms with van der Waals surface area (Å²) in [5.74, 6) is -0.404. The lowest BCUT2D eigenvalue weighted by Gasteiger charge is -2.13. The Morgan fingerprint density at radius 1 is 1.32 bits per heavy atom. The Morgan fingerprint density at radius 2 is 2.00 bits per heavy atom. The second-order valence-corrected chi connectivity index (χ2v) is 6.60. The molecule has 7 nitrogen and oxygen atoms in total. The monoisotopic (exact) mass is 325 g/mol. The third-order valence-corrected chi connectivity index (χ3v) is 4.52. The van der Waals surface area contributed by atoms with Gasteiger partial charge in [-0.25, -0.2) is 4.72 Å². The van der Waals surface area contributed by atoms with Crippen LogP contribution in [0, 0.1) is 0 Å². The molecule has 120 valence electrons. The molecule has 0 radical (unpaired) electrons. The van der Waals surface area contributed by atoms with E-state index < -0.39 is 10.2 Å². The van der Waals surface area contributed by atoms with Gasteiger partial charge in [0.15, 0.2) is 0 Å². The van der Waals surface area contributed by atoms with Crippen molar-refractivity contribution in [2.45, 2.75) is 26.2 Å². The van der Waals surface area contributed by atoms with E-state index in [1.54, 1.807) is 12.1 Å². The van der Waals surface area contributed by atoms with Crippen LogP contribution in [0.25, 0.3) is 0 Å². The zero-order valence-electron chi connectivity index (χ0n) is 12.2. The summed E-state index contributed by atoms with van der Waals surface area (Å²) >= 11 is 0. The SMILES string of the molecule is CCCC(=O)Nc1ccc(CCN2C=C(O)NS2(=O)=O)cc1. The molecule has 0 bridgehead atoms. The van der Waals surface area contributed by atoms with Crippen molar-refractivity contribution in [3.05, 3.63) is 41.9 Å². The summed E-state index contributed by atoms with van der Waals surface area (Å²) in [5.41, 5.74) is 1.65. The summed E-state index contributed by atoms with van der Waals surface area (Å²) in [6.45, 7) is 2.16. The fourth-order valence-corrected chi connectivity index (χ4v) is 3.06. The number of hydrogen-bond donors (Lipinski definition) is 3. The fraction of sp³-hybridized carbons (Fsp3) is 0.357. The van der Waals surface area contributed by atoms with Crippen LogP contribution in [-0.4, -0.2) is 30.3 Å².